The summed E-state index contributed by atoms with van der Waals surface area (Å²) in [5, 5.41) is 1.71. The molecular formula is C16H25N3OS. The van der Waals surface area contributed by atoms with Gasteiger partial charge in [-0.15, -0.1) is 0 Å². The molecule has 5 heteroatoms. The number of thiocarbonyl (C=S) groups is 1. The molecule has 4 nitrogen and oxygen atoms in total. The van der Waals surface area contributed by atoms with E-state index in [1.807, 2.05) is 38.1 Å². The van der Waals surface area contributed by atoms with Crippen molar-refractivity contribution in [2.24, 2.45) is 5.73 Å². The number of benzene rings is 1. The molecule has 0 spiro atoms. The van der Waals surface area contributed by atoms with Crippen LogP contribution < -0.4 is 11.2 Å². The van der Waals surface area contributed by atoms with Crippen LogP contribution >= 0.6 is 12.2 Å². The fraction of sp³-hybridized carbons (Fsp3) is 0.500. The van der Waals surface area contributed by atoms with Crippen LogP contribution in [0.15, 0.2) is 24.3 Å². The number of hydrogen-bond acceptors (Lipinski definition) is 2. The van der Waals surface area contributed by atoms with Gasteiger partial charge in [0.1, 0.15) is 0 Å². The monoisotopic (exact) mass is 307 g/mol. The van der Waals surface area contributed by atoms with E-state index in [0.717, 1.165) is 6.42 Å². The van der Waals surface area contributed by atoms with Gasteiger partial charge in [0.2, 0.25) is 0 Å². The molecule has 1 aromatic carbocycles. The summed E-state index contributed by atoms with van der Waals surface area (Å²) in [5.41, 5.74) is 10.3. The number of carbonyl (C=O) groups is 1. The van der Waals surface area contributed by atoms with Gasteiger partial charge in [0.15, 0.2) is 5.11 Å². The van der Waals surface area contributed by atoms with Gasteiger partial charge in [0, 0.05) is 11.6 Å². The van der Waals surface area contributed by atoms with E-state index in [1.54, 1.807) is 0 Å². The van der Waals surface area contributed by atoms with Crippen LogP contribution in [0.25, 0.3) is 0 Å². The van der Waals surface area contributed by atoms with Crippen molar-refractivity contribution in [3.63, 3.8) is 0 Å². The van der Waals surface area contributed by atoms with Crippen LogP contribution in [-0.2, 0) is 5.41 Å². The molecule has 0 radical (unpaired) electrons. The third kappa shape index (κ3) is 4.70. The van der Waals surface area contributed by atoms with E-state index in [1.165, 1.54) is 10.6 Å². The second-order valence-electron chi connectivity index (χ2n) is 6.23. The zero-order valence-electron chi connectivity index (χ0n) is 13.4. The quantitative estimate of drug-likeness (QED) is 0.666. The van der Waals surface area contributed by atoms with Crippen LogP contribution in [0.2, 0.25) is 0 Å². The maximum Gasteiger partial charge on any atom is 0.269 e. The molecule has 3 N–H and O–H groups in total. The number of rotatable bonds is 3. The maximum atomic E-state index is 12.3. The average molecular weight is 307 g/mol. The topological polar surface area (TPSA) is 58.4 Å². The summed E-state index contributed by atoms with van der Waals surface area (Å²) in [6.07, 6.45) is 0.834. The second kappa shape index (κ2) is 6.89. The van der Waals surface area contributed by atoms with Crippen molar-refractivity contribution in [3.8, 4) is 0 Å². The zero-order valence-corrected chi connectivity index (χ0v) is 14.3. The minimum Gasteiger partial charge on any atom is -0.375 e. The number of amides is 1. The van der Waals surface area contributed by atoms with Gasteiger partial charge in [-0.25, -0.2) is 0 Å². The predicted molar refractivity (Wildman–Crippen MR) is 91.0 cm³/mol. The van der Waals surface area contributed by atoms with Crippen LogP contribution in [0.1, 0.15) is 57.0 Å². The second-order valence-corrected chi connectivity index (χ2v) is 6.65. The van der Waals surface area contributed by atoms with Crippen molar-refractivity contribution in [2.75, 3.05) is 0 Å². The highest BCUT2D eigenvalue weighted by Gasteiger charge is 2.18. The number of carbonyl (C=O) groups excluding carboxylic acids is 1. The third-order valence-electron chi connectivity index (χ3n) is 3.50. The maximum absolute atomic E-state index is 12.3. The Labute approximate surface area is 132 Å². The summed E-state index contributed by atoms with van der Waals surface area (Å²) in [6.45, 7) is 10.4. The van der Waals surface area contributed by atoms with Crippen molar-refractivity contribution >= 4 is 23.2 Å². The Morgan fingerprint density at radius 2 is 1.86 bits per heavy atom. The Balaban J connectivity index is 2.86. The number of hydrogen-bond donors (Lipinski definition) is 2. The molecule has 0 saturated carbocycles. The van der Waals surface area contributed by atoms with E-state index in [0.29, 0.717) is 5.56 Å². The van der Waals surface area contributed by atoms with Crippen molar-refractivity contribution in [1.82, 2.24) is 10.4 Å². The lowest BCUT2D eigenvalue weighted by atomic mass is 9.87. The van der Waals surface area contributed by atoms with Gasteiger partial charge in [-0.05, 0) is 48.7 Å². The van der Waals surface area contributed by atoms with Gasteiger partial charge in [-0.1, -0.05) is 39.8 Å². The molecule has 1 unspecified atom stereocenters. The molecule has 0 saturated heterocycles. The molecule has 1 rings (SSSR count). The fourth-order valence-corrected chi connectivity index (χ4v) is 2.09. The summed E-state index contributed by atoms with van der Waals surface area (Å²) in [6, 6.07) is 7.65. The van der Waals surface area contributed by atoms with Crippen molar-refractivity contribution < 1.29 is 4.79 Å². The Kier molecular flexibility index (Phi) is 5.72. The molecule has 0 heterocycles. The lowest BCUT2D eigenvalue weighted by Gasteiger charge is -2.29. The summed E-state index contributed by atoms with van der Waals surface area (Å²) in [5.74, 6) is -0.205. The van der Waals surface area contributed by atoms with Crippen LogP contribution in [0.4, 0.5) is 0 Å². The lowest BCUT2D eigenvalue weighted by Crippen LogP contribution is -2.52. The standard InChI is InChI=1S/C16H25N3OS/c1-6-11(2)19(15(17)21)18-14(20)12-7-9-13(10-8-12)16(3,4)5/h7-11H,6H2,1-5H3,(H2,17,21)(H,18,20). The third-order valence-corrected chi connectivity index (χ3v) is 3.70. The zero-order chi connectivity index (χ0) is 16.2. The SMILES string of the molecule is CCC(C)N(NC(=O)c1ccc(C(C)(C)C)cc1)C(N)=S. The molecule has 1 aromatic rings. The molecule has 21 heavy (non-hydrogen) atoms. The van der Waals surface area contributed by atoms with E-state index in [4.69, 9.17) is 18.0 Å². The van der Waals surface area contributed by atoms with Gasteiger partial charge in [-0.3, -0.25) is 15.2 Å². The van der Waals surface area contributed by atoms with E-state index in [-0.39, 0.29) is 22.5 Å². The van der Waals surface area contributed by atoms with Gasteiger partial charge >= 0.3 is 0 Å². The van der Waals surface area contributed by atoms with Crippen LogP contribution in [0.5, 0.6) is 0 Å². The largest absolute Gasteiger partial charge is 0.375 e. The summed E-state index contributed by atoms with van der Waals surface area (Å²) >= 11 is 4.99. The molecule has 0 fully saturated rings. The number of nitrogens with one attached hydrogen (secondary N) is 1. The first-order valence-electron chi connectivity index (χ1n) is 7.17. The fourth-order valence-electron chi connectivity index (χ4n) is 1.86. The van der Waals surface area contributed by atoms with E-state index in [2.05, 4.69) is 26.2 Å². The molecule has 0 aliphatic heterocycles. The molecule has 0 bridgehead atoms. The molecule has 0 aromatic heterocycles. The van der Waals surface area contributed by atoms with E-state index >= 15 is 0 Å². The predicted octanol–water partition coefficient (Wildman–Crippen LogP) is 2.97. The van der Waals surface area contributed by atoms with Crippen molar-refractivity contribution in [1.29, 1.82) is 0 Å². The molecule has 116 valence electrons. The van der Waals surface area contributed by atoms with Gasteiger partial charge in [0.05, 0.1) is 0 Å². The summed E-state index contributed by atoms with van der Waals surface area (Å²) in [4.78, 5) is 12.3. The smallest absolute Gasteiger partial charge is 0.269 e. The minimum absolute atomic E-state index is 0.0558. The molecule has 0 aliphatic carbocycles. The molecule has 1 amide bonds. The average Bonchev–Trinajstić information content (AvgIpc) is 2.42. The Morgan fingerprint density at radius 1 is 1.33 bits per heavy atom. The number of nitrogens with two attached hydrogens (primary N) is 1. The summed E-state index contributed by atoms with van der Waals surface area (Å²) < 4.78 is 0. The highest BCUT2D eigenvalue weighted by atomic mass is 32.1. The first-order valence-corrected chi connectivity index (χ1v) is 7.57. The first kappa shape index (κ1) is 17.4. The van der Waals surface area contributed by atoms with Gasteiger partial charge < -0.3 is 5.73 Å². The number of nitrogens with zero attached hydrogens (tertiary/aromatic N) is 1. The first-order chi connectivity index (χ1) is 9.66. The van der Waals surface area contributed by atoms with E-state index < -0.39 is 0 Å². The highest BCUT2D eigenvalue weighted by Crippen LogP contribution is 2.22. The van der Waals surface area contributed by atoms with Gasteiger partial charge in [-0.2, -0.15) is 0 Å². The van der Waals surface area contributed by atoms with Gasteiger partial charge in [0.25, 0.3) is 5.91 Å². The molecule has 1 atom stereocenters. The van der Waals surface area contributed by atoms with Crippen molar-refractivity contribution in [2.45, 2.75) is 52.5 Å². The Hall–Kier alpha value is -1.62. The number of hydrazine groups is 1. The highest BCUT2D eigenvalue weighted by molar-refractivity contribution is 7.80. The molecule has 0 aliphatic rings. The van der Waals surface area contributed by atoms with Crippen LogP contribution in [-0.4, -0.2) is 22.1 Å². The van der Waals surface area contributed by atoms with Crippen LogP contribution in [0, 0.1) is 0 Å². The Bertz CT molecular complexity index is 505. The normalized spacial score (nSPS) is 12.6. The van der Waals surface area contributed by atoms with Crippen LogP contribution in [0.3, 0.4) is 0 Å². The van der Waals surface area contributed by atoms with E-state index in [9.17, 15) is 4.79 Å². The Morgan fingerprint density at radius 3 is 2.24 bits per heavy atom. The lowest BCUT2D eigenvalue weighted by molar-refractivity contribution is 0.0839. The van der Waals surface area contributed by atoms with Crippen molar-refractivity contribution in [3.05, 3.63) is 35.4 Å². The summed E-state index contributed by atoms with van der Waals surface area (Å²) in [7, 11) is 0. The minimum atomic E-state index is -0.205. The molecular weight excluding hydrogens is 282 g/mol.